The van der Waals surface area contributed by atoms with Gasteiger partial charge in [-0.15, -0.1) is 0 Å². The molecule has 0 amide bonds. The van der Waals surface area contributed by atoms with Crippen molar-refractivity contribution in [2.45, 2.75) is 19.5 Å². The number of piperazine rings is 1. The van der Waals surface area contributed by atoms with Crippen molar-refractivity contribution in [1.82, 2.24) is 10.2 Å². The van der Waals surface area contributed by atoms with Crippen LogP contribution in [0.4, 0.5) is 5.69 Å². The van der Waals surface area contributed by atoms with Crippen molar-refractivity contribution in [3.05, 3.63) is 28.8 Å². The Hall–Kier alpha value is -0.810. The van der Waals surface area contributed by atoms with Gasteiger partial charge in [-0.3, -0.25) is 0 Å². The molecule has 0 aliphatic carbocycles. The topological polar surface area (TPSA) is 27.7 Å². The first-order valence-corrected chi connectivity index (χ1v) is 7.93. The van der Waals surface area contributed by atoms with Crippen LogP contribution in [-0.4, -0.2) is 57.9 Å². The molecule has 0 aromatic heterocycles. The standard InChI is InChI=1S/C16H26ClN3O/c1-13-12-19(2)8-9-20(13)16-14(5-4-6-15(16)17)11-18-7-10-21-3/h4-6,13,18H,7-12H2,1-3H3. The summed E-state index contributed by atoms with van der Waals surface area (Å²) in [5, 5.41) is 4.26. The highest BCUT2D eigenvalue weighted by Gasteiger charge is 2.25. The van der Waals surface area contributed by atoms with Gasteiger partial charge < -0.3 is 19.9 Å². The average Bonchev–Trinajstić information content (AvgIpc) is 2.45. The van der Waals surface area contributed by atoms with Gasteiger partial charge in [-0.2, -0.15) is 0 Å². The van der Waals surface area contributed by atoms with Gasteiger partial charge in [-0.1, -0.05) is 23.7 Å². The Morgan fingerprint density at radius 3 is 2.90 bits per heavy atom. The molecule has 1 fully saturated rings. The van der Waals surface area contributed by atoms with E-state index in [9.17, 15) is 0 Å². The number of likely N-dealkylation sites (N-methyl/N-ethyl adjacent to an activating group) is 1. The average molecular weight is 312 g/mol. The fraction of sp³-hybridized carbons (Fsp3) is 0.625. The van der Waals surface area contributed by atoms with Gasteiger partial charge in [0.05, 0.1) is 17.3 Å². The predicted molar refractivity (Wildman–Crippen MR) is 89.3 cm³/mol. The molecule has 1 N–H and O–H groups in total. The molecule has 1 aliphatic rings. The molecular weight excluding hydrogens is 286 g/mol. The van der Waals surface area contributed by atoms with Crippen molar-refractivity contribution in [3.63, 3.8) is 0 Å². The van der Waals surface area contributed by atoms with Crippen molar-refractivity contribution in [3.8, 4) is 0 Å². The monoisotopic (exact) mass is 311 g/mol. The third-order valence-electron chi connectivity index (χ3n) is 3.99. The SMILES string of the molecule is COCCNCc1cccc(Cl)c1N1CCN(C)CC1C. The minimum absolute atomic E-state index is 0.473. The quantitative estimate of drug-likeness (QED) is 0.815. The molecule has 0 spiro atoms. The van der Waals surface area contributed by atoms with E-state index in [1.54, 1.807) is 7.11 Å². The third-order valence-corrected chi connectivity index (χ3v) is 4.29. The maximum absolute atomic E-state index is 6.50. The zero-order chi connectivity index (χ0) is 15.2. The van der Waals surface area contributed by atoms with E-state index in [1.807, 2.05) is 12.1 Å². The number of ether oxygens (including phenoxy) is 1. The van der Waals surface area contributed by atoms with Gasteiger partial charge in [0.1, 0.15) is 0 Å². The van der Waals surface area contributed by atoms with E-state index in [0.717, 1.165) is 44.4 Å². The van der Waals surface area contributed by atoms with Crippen LogP contribution < -0.4 is 10.2 Å². The summed E-state index contributed by atoms with van der Waals surface area (Å²) < 4.78 is 5.07. The van der Waals surface area contributed by atoms with Crippen molar-refractivity contribution >= 4 is 17.3 Å². The molecule has 1 aromatic rings. The lowest BCUT2D eigenvalue weighted by Gasteiger charge is -2.41. The number of hydrogen-bond acceptors (Lipinski definition) is 4. The first-order valence-electron chi connectivity index (χ1n) is 7.55. The molecule has 1 atom stereocenters. The van der Waals surface area contributed by atoms with Gasteiger partial charge >= 0.3 is 0 Å². The summed E-state index contributed by atoms with van der Waals surface area (Å²) in [5.41, 5.74) is 2.44. The largest absolute Gasteiger partial charge is 0.383 e. The molecule has 0 saturated carbocycles. The smallest absolute Gasteiger partial charge is 0.0643 e. The maximum atomic E-state index is 6.50. The number of methoxy groups -OCH3 is 1. The molecule has 118 valence electrons. The molecule has 2 rings (SSSR count). The summed E-state index contributed by atoms with van der Waals surface area (Å²) in [6, 6.07) is 6.65. The number of nitrogens with zero attached hydrogens (tertiary/aromatic N) is 2. The molecule has 1 saturated heterocycles. The maximum Gasteiger partial charge on any atom is 0.0643 e. The Bertz CT molecular complexity index is 455. The van der Waals surface area contributed by atoms with Gasteiger partial charge in [0.15, 0.2) is 0 Å². The lowest BCUT2D eigenvalue weighted by atomic mass is 10.1. The Morgan fingerprint density at radius 2 is 2.19 bits per heavy atom. The number of hydrogen-bond donors (Lipinski definition) is 1. The number of rotatable bonds is 6. The van der Waals surface area contributed by atoms with E-state index < -0.39 is 0 Å². The second-order valence-corrected chi connectivity index (χ2v) is 6.13. The summed E-state index contributed by atoms with van der Waals surface area (Å²) in [6.07, 6.45) is 0. The summed E-state index contributed by atoms with van der Waals surface area (Å²) in [7, 11) is 3.89. The van der Waals surface area contributed by atoms with Gasteiger partial charge in [-0.05, 0) is 25.6 Å². The number of anilines is 1. The minimum atomic E-state index is 0.473. The van der Waals surface area contributed by atoms with Crippen molar-refractivity contribution < 1.29 is 4.74 Å². The van der Waals surface area contributed by atoms with Crippen LogP contribution in [0.1, 0.15) is 12.5 Å². The van der Waals surface area contributed by atoms with Crippen molar-refractivity contribution in [1.29, 1.82) is 0 Å². The molecular formula is C16H26ClN3O. The van der Waals surface area contributed by atoms with Crippen LogP contribution in [0.2, 0.25) is 5.02 Å². The Labute approximate surface area is 133 Å². The highest BCUT2D eigenvalue weighted by atomic mass is 35.5. The second-order valence-electron chi connectivity index (χ2n) is 5.72. The van der Waals surface area contributed by atoms with Crippen LogP contribution in [0.15, 0.2) is 18.2 Å². The van der Waals surface area contributed by atoms with Crippen molar-refractivity contribution in [2.24, 2.45) is 0 Å². The van der Waals surface area contributed by atoms with E-state index in [1.165, 1.54) is 11.3 Å². The van der Waals surface area contributed by atoms with Crippen molar-refractivity contribution in [2.75, 3.05) is 51.8 Å². The molecule has 1 heterocycles. The second kappa shape index (κ2) is 7.99. The zero-order valence-electron chi connectivity index (χ0n) is 13.2. The van der Waals surface area contributed by atoms with Crippen LogP contribution in [0.3, 0.4) is 0 Å². The van der Waals surface area contributed by atoms with Crippen LogP contribution in [0.25, 0.3) is 0 Å². The Balaban J connectivity index is 2.13. The molecule has 21 heavy (non-hydrogen) atoms. The van der Waals surface area contributed by atoms with Gasteiger partial charge in [0.25, 0.3) is 0 Å². The van der Waals surface area contributed by atoms with Crippen LogP contribution in [0, 0.1) is 0 Å². The highest BCUT2D eigenvalue weighted by Crippen LogP contribution is 2.32. The summed E-state index contributed by atoms with van der Waals surface area (Å²) >= 11 is 6.50. The van der Waals surface area contributed by atoms with E-state index in [4.69, 9.17) is 16.3 Å². The molecule has 0 radical (unpaired) electrons. The van der Waals surface area contributed by atoms with E-state index >= 15 is 0 Å². The lowest BCUT2D eigenvalue weighted by Crippen LogP contribution is -2.51. The third kappa shape index (κ3) is 4.33. The Morgan fingerprint density at radius 1 is 1.38 bits per heavy atom. The van der Waals surface area contributed by atoms with E-state index in [-0.39, 0.29) is 0 Å². The summed E-state index contributed by atoms with van der Waals surface area (Å²) in [6.45, 7) is 7.82. The normalized spacial score (nSPS) is 20.0. The molecule has 1 aliphatic heterocycles. The fourth-order valence-electron chi connectivity index (χ4n) is 2.89. The summed E-state index contributed by atoms with van der Waals surface area (Å²) in [5.74, 6) is 0. The molecule has 5 heteroatoms. The Kier molecular flexibility index (Phi) is 6.30. The van der Waals surface area contributed by atoms with Gasteiger partial charge in [0.2, 0.25) is 0 Å². The number of halogens is 1. The van der Waals surface area contributed by atoms with Gasteiger partial charge in [-0.25, -0.2) is 0 Å². The summed E-state index contributed by atoms with van der Waals surface area (Å²) in [4.78, 5) is 4.81. The minimum Gasteiger partial charge on any atom is -0.383 e. The first kappa shape index (κ1) is 16.6. The highest BCUT2D eigenvalue weighted by molar-refractivity contribution is 6.33. The first-order chi connectivity index (χ1) is 10.1. The molecule has 1 unspecified atom stereocenters. The molecule has 4 nitrogen and oxygen atoms in total. The predicted octanol–water partition coefficient (Wildman–Crippen LogP) is 2.22. The van der Waals surface area contributed by atoms with Crippen LogP contribution in [-0.2, 0) is 11.3 Å². The van der Waals surface area contributed by atoms with E-state index in [0.29, 0.717) is 6.04 Å². The molecule has 0 bridgehead atoms. The number of nitrogens with one attached hydrogen (secondary N) is 1. The van der Waals surface area contributed by atoms with Gasteiger partial charge in [0, 0.05) is 45.9 Å². The number of benzene rings is 1. The van der Waals surface area contributed by atoms with E-state index in [2.05, 4.69) is 35.2 Å². The molecule has 1 aromatic carbocycles. The van der Waals surface area contributed by atoms with Crippen LogP contribution in [0.5, 0.6) is 0 Å². The fourth-order valence-corrected chi connectivity index (χ4v) is 3.20. The zero-order valence-corrected chi connectivity index (χ0v) is 14.0. The lowest BCUT2D eigenvalue weighted by molar-refractivity contribution is 0.199. The van der Waals surface area contributed by atoms with Crippen LogP contribution >= 0.6 is 11.6 Å². The number of para-hydroxylation sites is 1.